The van der Waals surface area contributed by atoms with Gasteiger partial charge in [-0.25, -0.2) is 4.79 Å². The molecule has 4 rings (SSSR count). The number of carbonyl (C=O) groups excluding carboxylic acids is 3. The van der Waals surface area contributed by atoms with Gasteiger partial charge in [0.1, 0.15) is 11.5 Å². The van der Waals surface area contributed by atoms with Crippen molar-refractivity contribution in [3.05, 3.63) is 88.5 Å². The second-order valence-corrected chi connectivity index (χ2v) is 7.52. The Bertz CT molecular complexity index is 1130. The highest BCUT2D eigenvalue weighted by Crippen LogP contribution is 2.34. The Morgan fingerprint density at radius 3 is 2.47 bits per heavy atom. The maximum atomic E-state index is 12.7. The van der Waals surface area contributed by atoms with Gasteiger partial charge in [-0.05, 0) is 41.6 Å². The van der Waals surface area contributed by atoms with Gasteiger partial charge in [-0.3, -0.25) is 14.5 Å². The van der Waals surface area contributed by atoms with E-state index in [9.17, 15) is 14.4 Å². The molecule has 1 aliphatic heterocycles. The molecule has 0 atom stereocenters. The number of carbonyl (C=O) groups is 3. The minimum atomic E-state index is -0.409. The number of amides is 2. The first kappa shape index (κ1) is 19.7. The largest absolute Gasteiger partial charge is 0.465 e. The second kappa shape index (κ2) is 8.42. The standard InChI is InChI=1S/C23H17NO5S/c1-28-22(26)17-9-7-16(8-10-17)19-12-11-18(29-19)13-20-21(25)24(23(27)30-20)14-15-5-3-2-4-6-15/h2-13H,14H2,1H3/b20-13-. The van der Waals surface area contributed by atoms with Crippen molar-refractivity contribution in [2.45, 2.75) is 6.54 Å². The molecule has 2 aromatic carbocycles. The Hall–Kier alpha value is -3.58. The van der Waals surface area contributed by atoms with E-state index in [-0.39, 0.29) is 17.7 Å². The van der Waals surface area contributed by atoms with Gasteiger partial charge < -0.3 is 9.15 Å². The average molecular weight is 419 g/mol. The van der Waals surface area contributed by atoms with Gasteiger partial charge in [0.2, 0.25) is 0 Å². The molecule has 0 aliphatic carbocycles. The lowest BCUT2D eigenvalue weighted by Gasteiger charge is -2.11. The van der Waals surface area contributed by atoms with Crippen LogP contribution in [-0.4, -0.2) is 29.1 Å². The van der Waals surface area contributed by atoms with Crippen molar-refractivity contribution < 1.29 is 23.5 Å². The summed E-state index contributed by atoms with van der Waals surface area (Å²) in [7, 11) is 1.33. The number of nitrogens with zero attached hydrogens (tertiary/aromatic N) is 1. The Balaban J connectivity index is 1.50. The third-order valence-corrected chi connectivity index (χ3v) is 5.46. The summed E-state index contributed by atoms with van der Waals surface area (Å²) in [4.78, 5) is 38.0. The molecular weight excluding hydrogens is 402 g/mol. The lowest BCUT2D eigenvalue weighted by Crippen LogP contribution is -2.27. The number of benzene rings is 2. The summed E-state index contributed by atoms with van der Waals surface area (Å²) in [6.07, 6.45) is 1.57. The molecule has 0 spiro atoms. The first-order chi connectivity index (χ1) is 14.5. The first-order valence-corrected chi connectivity index (χ1v) is 9.94. The first-order valence-electron chi connectivity index (χ1n) is 9.13. The maximum absolute atomic E-state index is 12.7. The molecule has 0 radical (unpaired) electrons. The number of imide groups is 1. The average Bonchev–Trinajstić information content (AvgIpc) is 3.34. The predicted octanol–water partition coefficient (Wildman–Crippen LogP) is 4.97. The lowest BCUT2D eigenvalue weighted by atomic mass is 10.1. The molecule has 1 fully saturated rings. The molecule has 6 nitrogen and oxygen atoms in total. The number of rotatable bonds is 5. The summed E-state index contributed by atoms with van der Waals surface area (Å²) in [6.45, 7) is 0.235. The van der Waals surface area contributed by atoms with Gasteiger partial charge in [0.25, 0.3) is 11.1 Å². The van der Waals surface area contributed by atoms with Crippen molar-refractivity contribution in [1.82, 2.24) is 4.90 Å². The van der Waals surface area contributed by atoms with Gasteiger partial charge in [0.05, 0.1) is 24.1 Å². The summed E-state index contributed by atoms with van der Waals surface area (Å²) in [5, 5.41) is -0.305. The summed E-state index contributed by atoms with van der Waals surface area (Å²) < 4.78 is 10.5. The number of thioether (sulfide) groups is 1. The van der Waals surface area contributed by atoms with Gasteiger partial charge in [-0.1, -0.05) is 42.5 Å². The molecule has 7 heteroatoms. The maximum Gasteiger partial charge on any atom is 0.337 e. The fraction of sp³-hybridized carbons (Fsp3) is 0.0870. The van der Waals surface area contributed by atoms with Crippen LogP contribution >= 0.6 is 11.8 Å². The van der Waals surface area contributed by atoms with Gasteiger partial charge in [0.15, 0.2) is 0 Å². The van der Waals surface area contributed by atoms with Crippen LogP contribution in [-0.2, 0) is 16.1 Å². The van der Waals surface area contributed by atoms with Crippen LogP contribution in [0.5, 0.6) is 0 Å². The predicted molar refractivity (Wildman–Crippen MR) is 113 cm³/mol. The number of hydrogen-bond acceptors (Lipinski definition) is 6. The Kier molecular flexibility index (Phi) is 5.54. The molecule has 0 saturated carbocycles. The quantitative estimate of drug-likeness (QED) is 0.429. The van der Waals surface area contributed by atoms with E-state index in [4.69, 9.17) is 4.42 Å². The normalized spacial score (nSPS) is 15.1. The van der Waals surface area contributed by atoms with Crippen molar-refractivity contribution in [2.75, 3.05) is 7.11 Å². The Morgan fingerprint density at radius 1 is 1.03 bits per heavy atom. The van der Waals surface area contributed by atoms with Crippen LogP contribution in [0.4, 0.5) is 4.79 Å². The zero-order chi connectivity index (χ0) is 21.1. The van der Waals surface area contributed by atoms with Crippen LogP contribution in [0.1, 0.15) is 21.7 Å². The SMILES string of the molecule is COC(=O)c1ccc(-c2ccc(/C=C3\SC(=O)N(Cc4ccccc4)C3=O)o2)cc1. The minimum Gasteiger partial charge on any atom is -0.465 e. The van der Waals surface area contributed by atoms with Crippen LogP contribution in [0.25, 0.3) is 17.4 Å². The van der Waals surface area contributed by atoms with Gasteiger partial charge in [-0.2, -0.15) is 0 Å². The van der Waals surface area contributed by atoms with Gasteiger partial charge in [0, 0.05) is 11.6 Å². The molecule has 30 heavy (non-hydrogen) atoms. The molecular formula is C23H17NO5S. The van der Waals surface area contributed by atoms with E-state index < -0.39 is 5.97 Å². The van der Waals surface area contributed by atoms with E-state index in [0.717, 1.165) is 22.9 Å². The molecule has 1 aromatic heterocycles. The smallest absolute Gasteiger partial charge is 0.337 e. The summed E-state index contributed by atoms with van der Waals surface area (Å²) in [6, 6.07) is 19.7. The molecule has 150 valence electrons. The minimum absolute atomic E-state index is 0.235. The molecule has 3 aromatic rings. The van der Waals surface area contributed by atoms with Crippen LogP contribution in [0.2, 0.25) is 0 Å². The summed E-state index contributed by atoms with van der Waals surface area (Å²) in [5.74, 6) is 0.301. The van der Waals surface area contributed by atoms with Crippen molar-refractivity contribution in [2.24, 2.45) is 0 Å². The van der Waals surface area contributed by atoms with Crippen molar-refractivity contribution in [1.29, 1.82) is 0 Å². The van der Waals surface area contributed by atoms with E-state index in [1.807, 2.05) is 30.3 Å². The zero-order valence-electron chi connectivity index (χ0n) is 16.0. The van der Waals surface area contributed by atoms with Gasteiger partial charge >= 0.3 is 5.97 Å². The van der Waals surface area contributed by atoms with Crippen molar-refractivity contribution in [3.8, 4) is 11.3 Å². The third-order valence-electron chi connectivity index (χ3n) is 4.55. The highest BCUT2D eigenvalue weighted by atomic mass is 32.2. The second-order valence-electron chi connectivity index (χ2n) is 6.52. The van der Waals surface area contributed by atoms with Crippen LogP contribution in [0.3, 0.4) is 0 Å². The van der Waals surface area contributed by atoms with E-state index >= 15 is 0 Å². The summed E-state index contributed by atoms with van der Waals surface area (Å²) in [5.41, 5.74) is 2.11. The molecule has 0 N–H and O–H groups in total. The number of esters is 1. The molecule has 2 heterocycles. The van der Waals surface area contributed by atoms with E-state index in [0.29, 0.717) is 22.0 Å². The Labute approximate surface area is 177 Å². The third kappa shape index (κ3) is 4.06. The molecule has 2 amide bonds. The number of furan rings is 1. The monoisotopic (exact) mass is 419 g/mol. The van der Waals surface area contributed by atoms with Crippen LogP contribution in [0, 0.1) is 0 Å². The molecule has 1 saturated heterocycles. The molecule has 0 unspecified atom stereocenters. The fourth-order valence-electron chi connectivity index (χ4n) is 3.01. The van der Waals surface area contributed by atoms with Crippen molar-refractivity contribution >= 4 is 35.0 Å². The summed E-state index contributed by atoms with van der Waals surface area (Å²) >= 11 is 0.896. The zero-order valence-corrected chi connectivity index (χ0v) is 16.8. The topological polar surface area (TPSA) is 76.8 Å². The number of methoxy groups -OCH3 is 1. The molecule has 1 aliphatic rings. The Morgan fingerprint density at radius 2 is 1.77 bits per heavy atom. The molecule has 0 bridgehead atoms. The van der Waals surface area contributed by atoms with E-state index in [1.54, 1.807) is 42.5 Å². The van der Waals surface area contributed by atoms with Gasteiger partial charge in [-0.15, -0.1) is 0 Å². The highest BCUT2D eigenvalue weighted by Gasteiger charge is 2.35. The van der Waals surface area contributed by atoms with Crippen LogP contribution < -0.4 is 0 Å². The highest BCUT2D eigenvalue weighted by molar-refractivity contribution is 8.18. The fourth-order valence-corrected chi connectivity index (χ4v) is 3.82. The van der Waals surface area contributed by atoms with Crippen molar-refractivity contribution in [3.63, 3.8) is 0 Å². The van der Waals surface area contributed by atoms with E-state index in [1.165, 1.54) is 12.0 Å². The van der Waals surface area contributed by atoms with Crippen LogP contribution in [0.15, 0.2) is 76.1 Å². The lowest BCUT2D eigenvalue weighted by molar-refractivity contribution is -0.123. The number of hydrogen-bond donors (Lipinski definition) is 0. The number of ether oxygens (including phenoxy) is 1. The van der Waals surface area contributed by atoms with E-state index in [2.05, 4.69) is 4.74 Å².